The Morgan fingerprint density at radius 1 is 1.35 bits per heavy atom. The second kappa shape index (κ2) is 6.07. The topological polar surface area (TPSA) is 79.5 Å². The monoisotopic (exact) mass is 298 g/mol. The summed E-state index contributed by atoms with van der Waals surface area (Å²) in [6, 6.07) is 3.87. The molecule has 0 radical (unpaired) electrons. The van der Waals surface area contributed by atoms with Crippen LogP contribution in [0.15, 0.2) is 23.2 Å². The van der Waals surface area contributed by atoms with Gasteiger partial charge in [0.05, 0.1) is 0 Å². The second-order valence-corrected chi connectivity index (χ2v) is 7.36. The number of sulfonamides is 1. The first kappa shape index (κ1) is 15.2. The highest BCUT2D eigenvalue weighted by molar-refractivity contribution is 7.89. The van der Waals surface area contributed by atoms with E-state index in [1.807, 2.05) is 0 Å². The smallest absolute Gasteiger partial charge is 0.244 e. The van der Waals surface area contributed by atoms with Crippen molar-refractivity contribution < 1.29 is 8.42 Å². The van der Waals surface area contributed by atoms with Crippen LogP contribution in [0.3, 0.4) is 0 Å². The minimum Gasteiger partial charge on any atom is -0.352 e. The van der Waals surface area contributed by atoms with Gasteiger partial charge in [-0.3, -0.25) is 0 Å². The van der Waals surface area contributed by atoms with Crippen LogP contribution in [0.2, 0.25) is 0 Å². The highest BCUT2D eigenvalue weighted by Crippen LogP contribution is 2.28. The molecule has 0 atom stereocenters. The van der Waals surface area contributed by atoms with E-state index in [0.29, 0.717) is 12.6 Å². The lowest BCUT2D eigenvalue weighted by atomic mass is 9.91. The van der Waals surface area contributed by atoms with Crippen LogP contribution in [0.5, 0.6) is 0 Å². The number of nitrogens with zero attached hydrogens (tertiary/aromatic N) is 3. The number of aromatic nitrogens is 1. The van der Waals surface area contributed by atoms with Crippen molar-refractivity contribution in [2.24, 2.45) is 5.73 Å². The Labute approximate surface area is 120 Å². The average Bonchev–Trinajstić information content (AvgIpc) is 2.36. The minimum absolute atomic E-state index is 0.215. The summed E-state index contributed by atoms with van der Waals surface area (Å²) >= 11 is 0. The Balaban J connectivity index is 2.22. The second-order valence-electron chi connectivity index (χ2n) is 5.21. The van der Waals surface area contributed by atoms with E-state index in [-0.39, 0.29) is 4.90 Å². The Morgan fingerprint density at radius 3 is 2.45 bits per heavy atom. The van der Waals surface area contributed by atoms with E-state index in [1.165, 1.54) is 31.0 Å². The van der Waals surface area contributed by atoms with Gasteiger partial charge in [0.25, 0.3) is 0 Å². The van der Waals surface area contributed by atoms with Crippen molar-refractivity contribution in [2.75, 3.05) is 32.1 Å². The van der Waals surface area contributed by atoms with Crippen LogP contribution in [0.1, 0.15) is 19.3 Å². The zero-order valence-electron chi connectivity index (χ0n) is 12.0. The Hall–Kier alpha value is -1.18. The predicted octanol–water partition coefficient (Wildman–Crippen LogP) is 0.649. The standard InChI is InChI=1S/C13H22N4O2S/c1-16(2)20(18,19)12-6-7-13(15-10-12)17(9-8-14)11-4-3-5-11/h6-7,10-11H,3-5,8-9,14H2,1-2H3. The Kier molecular flexibility index (Phi) is 4.62. The van der Waals surface area contributed by atoms with Crippen molar-refractivity contribution in [3.8, 4) is 0 Å². The highest BCUT2D eigenvalue weighted by atomic mass is 32.2. The maximum absolute atomic E-state index is 12.0. The summed E-state index contributed by atoms with van der Waals surface area (Å²) in [4.78, 5) is 6.71. The molecule has 1 saturated carbocycles. The van der Waals surface area contributed by atoms with Crippen LogP contribution in [0.25, 0.3) is 0 Å². The normalized spacial score (nSPS) is 16.2. The van der Waals surface area contributed by atoms with Crippen LogP contribution < -0.4 is 10.6 Å². The van der Waals surface area contributed by atoms with Gasteiger partial charge in [-0.25, -0.2) is 17.7 Å². The number of anilines is 1. The summed E-state index contributed by atoms with van der Waals surface area (Å²) in [5, 5.41) is 0. The fourth-order valence-corrected chi connectivity index (χ4v) is 3.07. The number of rotatable bonds is 6. The van der Waals surface area contributed by atoms with Crippen molar-refractivity contribution in [2.45, 2.75) is 30.2 Å². The molecule has 0 unspecified atom stereocenters. The molecule has 20 heavy (non-hydrogen) atoms. The molecule has 0 aromatic carbocycles. The number of pyridine rings is 1. The summed E-state index contributed by atoms with van der Waals surface area (Å²) < 4.78 is 25.2. The van der Waals surface area contributed by atoms with Crippen LogP contribution >= 0.6 is 0 Å². The summed E-state index contributed by atoms with van der Waals surface area (Å²) in [5.41, 5.74) is 5.65. The zero-order valence-corrected chi connectivity index (χ0v) is 12.8. The largest absolute Gasteiger partial charge is 0.352 e. The summed E-state index contributed by atoms with van der Waals surface area (Å²) in [6.07, 6.45) is 4.96. The molecule has 6 nitrogen and oxygen atoms in total. The lowest BCUT2D eigenvalue weighted by Gasteiger charge is -2.38. The minimum atomic E-state index is -3.42. The number of hydrogen-bond acceptors (Lipinski definition) is 5. The number of hydrogen-bond donors (Lipinski definition) is 1. The molecule has 1 aliphatic carbocycles. The first-order valence-electron chi connectivity index (χ1n) is 6.82. The molecule has 1 aromatic heterocycles. The van der Waals surface area contributed by atoms with Gasteiger partial charge in [0.15, 0.2) is 0 Å². The highest BCUT2D eigenvalue weighted by Gasteiger charge is 2.26. The van der Waals surface area contributed by atoms with Gasteiger partial charge in [-0.2, -0.15) is 0 Å². The first-order valence-corrected chi connectivity index (χ1v) is 8.26. The molecule has 1 aromatic rings. The first-order chi connectivity index (χ1) is 9.46. The van der Waals surface area contributed by atoms with E-state index in [2.05, 4.69) is 9.88 Å². The van der Waals surface area contributed by atoms with E-state index in [4.69, 9.17) is 5.73 Å². The van der Waals surface area contributed by atoms with Gasteiger partial charge in [-0.1, -0.05) is 0 Å². The molecule has 7 heteroatoms. The summed E-state index contributed by atoms with van der Waals surface area (Å²) in [7, 11) is -0.391. The molecule has 0 aliphatic heterocycles. The Morgan fingerprint density at radius 2 is 2.05 bits per heavy atom. The van der Waals surface area contributed by atoms with Gasteiger partial charge in [0.1, 0.15) is 10.7 Å². The molecule has 0 spiro atoms. The van der Waals surface area contributed by atoms with E-state index in [1.54, 1.807) is 12.1 Å². The lowest BCUT2D eigenvalue weighted by Crippen LogP contribution is -2.43. The van der Waals surface area contributed by atoms with E-state index in [0.717, 1.165) is 25.2 Å². The maximum atomic E-state index is 12.0. The van der Waals surface area contributed by atoms with Crippen molar-refractivity contribution in [1.82, 2.24) is 9.29 Å². The van der Waals surface area contributed by atoms with Crippen LogP contribution in [-0.4, -0.2) is 50.9 Å². The molecule has 1 fully saturated rings. The lowest BCUT2D eigenvalue weighted by molar-refractivity contribution is 0.386. The molecule has 1 heterocycles. The molecule has 112 valence electrons. The number of nitrogens with two attached hydrogens (primary N) is 1. The third-order valence-corrected chi connectivity index (χ3v) is 5.48. The third-order valence-electron chi connectivity index (χ3n) is 3.68. The fraction of sp³-hybridized carbons (Fsp3) is 0.615. The van der Waals surface area contributed by atoms with Gasteiger partial charge < -0.3 is 10.6 Å². The average molecular weight is 298 g/mol. The van der Waals surface area contributed by atoms with Crippen LogP contribution in [0, 0.1) is 0 Å². The van der Waals surface area contributed by atoms with E-state index < -0.39 is 10.0 Å². The third kappa shape index (κ3) is 2.94. The maximum Gasteiger partial charge on any atom is 0.244 e. The van der Waals surface area contributed by atoms with Gasteiger partial charge in [0, 0.05) is 39.4 Å². The molecular weight excluding hydrogens is 276 g/mol. The SMILES string of the molecule is CN(C)S(=O)(=O)c1ccc(N(CCN)C2CCC2)nc1. The van der Waals surface area contributed by atoms with Crippen LogP contribution in [-0.2, 0) is 10.0 Å². The van der Waals surface area contributed by atoms with E-state index >= 15 is 0 Å². The molecule has 0 bridgehead atoms. The van der Waals surface area contributed by atoms with Gasteiger partial charge in [-0.15, -0.1) is 0 Å². The predicted molar refractivity (Wildman–Crippen MR) is 79.1 cm³/mol. The Bertz CT molecular complexity index is 538. The zero-order chi connectivity index (χ0) is 14.8. The van der Waals surface area contributed by atoms with Crippen molar-refractivity contribution >= 4 is 15.8 Å². The van der Waals surface area contributed by atoms with Crippen LogP contribution in [0.4, 0.5) is 5.82 Å². The molecule has 0 saturated heterocycles. The van der Waals surface area contributed by atoms with Crippen molar-refractivity contribution in [3.05, 3.63) is 18.3 Å². The molecule has 1 aliphatic rings. The fourth-order valence-electron chi connectivity index (χ4n) is 2.23. The quantitative estimate of drug-likeness (QED) is 0.834. The molecule has 2 N–H and O–H groups in total. The van der Waals surface area contributed by atoms with Crippen molar-refractivity contribution in [1.29, 1.82) is 0 Å². The summed E-state index contributed by atoms with van der Waals surface area (Å²) in [5.74, 6) is 0.804. The van der Waals surface area contributed by atoms with Gasteiger partial charge in [0.2, 0.25) is 10.0 Å². The van der Waals surface area contributed by atoms with Gasteiger partial charge in [-0.05, 0) is 31.4 Å². The summed E-state index contributed by atoms with van der Waals surface area (Å²) in [6.45, 7) is 1.31. The van der Waals surface area contributed by atoms with Gasteiger partial charge >= 0.3 is 0 Å². The van der Waals surface area contributed by atoms with E-state index in [9.17, 15) is 8.42 Å². The molecular formula is C13H22N4O2S. The molecule has 2 rings (SSSR count). The molecule has 0 amide bonds. The van der Waals surface area contributed by atoms with Crippen molar-refractivity contribution in [3.63, 3.8) is 0 Å².